The molecule has 2 rings (SSSR count). The quantitative estimate of drug-likeness (QED) is 0.759. The molecule has 0 spiro atoms. The summed E-state index contributed by atoms with van der Waals surface area (Å²) in [5.74, 6) is -3.31. The minimum atomic E-state index is -4.70. The van der Waals surface area contributed by atoms with Crippen LogP contribution in [-0.4, -0.2) is 68.7 Å². The summed E-state index contributed by atoms with van der Waals surface area (Å²) in [5, 5.41) is 0. The molecule has 20 heavy (non-hydrogen) atoms. The van der Waals surface area contributed by atoms with Crippen molar-refractivity contribution in [3.05, 3.63) is 0 Å². The average molecular weight is 297 g/mol. The first-order chi connectivity index (χ1) is 9.38. The molecule has 1 amide bonds. The fraction of sp³-hybridized carbons (Fsp3) is 0.917. The van der Waals surface area contributed by atoms with Crippen molar-refractivity contribution in [2.24, 2.45) is 0 Å². The van der Waals surface area contributed by atoms with Crippen LogP contribution in [0.3, 0.4) is 0 Å². The highest BCUT2D eigenvalue weighted by Crippen LogP contribution is 2.40. The zero-order chi connectivity index (χ0) is 14.8. The van der Waals surface area contributed by atoms with Gasteiger partial charge >= 0.3 is 6.18 Å². The molecule has 0 aromatic rings. The summed E-state index contributed by atoms with van der Waals surface area (Å²) in [6.07, 6.45) is -5.49. The van der Waals surface area contributed by atoms with Gasteiger partial charge < -0.3 is 19.3 Å². The number of hydrogen-bond donors (Lipinski definition) is 1. The van der Waals surface area contributed by atoms with E-state index in [0.717, 1.165) is 19.6 Å². The highest BCUT2D eigenvalue weighted by molar-refractivity contribution is 5.77. The van der Waals surface area contributed by atoms with E-state index in [0.29, 0.717) is 13.1 Å². The van der Waals surface area contributed by atoms with E-state index in [1.54, 1.807) is 0 Å². The van der Waals surface area contributed by atoms with Gasteiger partial charge in [-0.25, -0.2) is 0 Å². The normalized spacial score (nSPS) is 24.1. The Bertz CT molecular complexity index is 348. The monoisotopic (exact) mass is 297 g/mol. The number of halogens is 3. The lowest BCUT2D eigenvalue weighted by atomic mass is 10.1. The second kappa shape index (κ2) is 5.87. The first-order valence-electron chi connectivity index (χ1n) is 6.84. The maximum atomic E-state index is 13.0. The van der Waals surface area contributed by atoms with Crippen LogP contribution in [-0.2, 0) is 14.3 Å². The van der Waals surface area contributed by atoms with Crippen LogP contribution in [0.4, 0.5) is 13.2 Å². The zero-order valence-corrected chi connectivity index (χ0v) is 11.5. The number of rotatable bonds is 3. The van der Waals surface area contributed by atoms with E-state index in [9.17, 15) is 18.0 Å². The third-order valence-corrected chi connectivity index (χ3v) is 3.89. The summed E-state index contributed by atoms with van der Waals surface area (Å²) in [7, 11) is 0. The van der Waals surface area contributed by atoms with Gasteiger partial charge in [-0.2, -0.15) is 13.2 Å². The molecule has 0 saturated carbocycles. The number of piperazine rings is 1. The van der Waals surface area contributed by atoms with Gasteiger partial charge in [0.15, 0.2) is 0 Å². The minimum absolute atomic E-state index is 0.138. The average Bonchev–Trinajstić information content (AvgIpc) is 2.88. The third-order valence-electron chi connectivity index (χ3n) is 3.89. The molecule has 8 heteroatoms. The van der Waals surface area contributed by atoms with Crippen LogP contribution >= 0.6 is 0 Å². The first-order valence-corrected chi connectivity index (χ1v) is 6.84. The van der Waals surface area contributed by atoms with Gasteiger partial charge in [-0.1, -0.05) is 0 Å². The third kappa shape index (κ3) is 3.07. The van der Waals surface area contributed by atoms with Crippen molar-refractivity contribution in [3.8, 4) is 0 Å². The molecule has 2 fully saturated rings. The van der Waals surface area contributed by atoms with E-state index in [2.05, 4.69) is 0 Å². The van der Waals surface area contributed by atoms with Crippen LogP contribution < -0.4 is 4.90 Å². The van der Waals surface area contributed by atoms with Crippen LogP contribution in [0, 0.1) is 0 Å². The number of ether oxygens (including phenoxy) is 2. The Balaban J connectivity index is 1.96. The minimum Gasteiger partial charge on any atom is -0.340 e. The number of nitrogens with zero attached hydrogens (tertiary/aromatic N) is 1. The molecule has 0 unspecified atom stereocenters. The molecule has 0 bridgehead atoms. The fourth-order valence-corrected chi connectivity index (χ4v) is 2.56. The number of carbonyl (C=O) groups is 1. The Labute approximate surface area is 115 Å². The molecule has 2 saturated heterocycles. The molecule has 0 aromatic carbocycles. The van der Waals surface area contributed by atoms with Crippen LogP contribution in [0.5, 0.6) is 0 Å². The van der Waals surface area contributed by atoms with Gasteiger partial charge in [0.1, 0.15) is 0 Å². The Morgan fingerprint density at radius 3 is 2.25 bits per heavy atom. The molecule has 0 atom stereocenters. The molecule has 1 N–H and O–H groups in total. The van der Waals surface area contributed by atoms with E-state index in [-0.39, 0.29) is 13.2 Å². The van der Waals surface area contributed by atoms with Crippen LogP contribution in [0.2, 0.25) is 0 Å². The highest BCUT2D eigenvalue weighted by Gasteiger charge is 2.61. The molecule has 2 aliphatic heterocycles. The lowest BCUT2D eigenvalue weighted by molar-refractivity contribution is -0.902. The second-order valence-electron chi connectivity index (χ2n) is 5.11. The van der Waals surface area contributed by atoms with Gasteiger partial charge in [-0.15, -0.1) is 0 Å². The molecule has 0 aliphatic carbocycles. The number of quaternary nitrogens is 1. The first kappa shape index (κ1) is 15.5. The van der Waals surface area contributed by atoms with Gasteiger partial charge in [-0.3, -0.25) is 4.79 Å². The van der Waals surface area contributed by atoms with Crippen molar-refractivity contribution in [2.45, 2.75) is 25.3 Å². The Kier molecular flexibility index (Phi) is 4.55. The van der Waals surface area contributed by atoms with Crippen molar-refractivity contribution in [1.82, 2.24) is 4.90 Å². The van der Waals surface area contributed by atoms with Gasteiger partial charge in [0.2, 0.25) is 5.91 Å². The summed E-state index contributed by atoms with van der Waals surface area (Å²) in [4.78, 5) is 14.9. The van der Waals surface area contributed by atoms with Gasteiger partial charge in [0, 0.05) is 0 Å². The van der Waals surface area contributed by atoms with Crippen molar-refractivity contribution >= 4 is 5.91 Å². The zero-order valence-electron chi connectivity index (χ0n) is 11.5. The SMILES string of the molecule is CC[NH+]1CCN(C(=O)CC2(C(F)(F)F)OCCO2)CC1. The lowest BCUT2D eigenvalue weighted by Crippen LogP contribution is -3.14. The molecule has 2 aliphatic rings. The van der Waals surface area contributed by atoms with Gasteiger partial charge in [-0.05, 0) is 6.92 Å². The fourth-order valence-electron chi connectivity index (χ4n) is 2.56. The number of likely N-dealkylation sites (N-methyl/N-ethyl adjacent to an activating group) is 1. The van der Waals surface area contributed by atoms with Crippen LogP contribution in [0.25, 0.3) is 0 Å². The van der Waals surface area contributed by atoms with Gasteiger partial charge in [0.05, 0.1) is 52.4 Å². The predicted octanol–water partition coefficient (Wildman–Crippen LogP) is -0.571. The van der Waals surface area contributed by atoms with Crippen LogP contribution in [0.15, 0.2) is 0 Å². The molecular weight excluding hydrogens is 277 g/mol. The van der Waals surface area contributed by atoms with Crippen molar-refractivity contribution < 1.29 is 32.3 Å². The molecule has 5 nitrogen and oxygen atoms in total. The Morgan fingerprint density at radius 1 is 1.25 bits per heavy atom. The molecule has 0 radical (unpaired) electrons. The number of hydrogen-bond acceptors (Lipinski definition) is 3. The summed E-state index contributed by atoms with van der Waals surface area (Å²) in [6.45, 7) is 5.23. The van der Waals surface area contributed by atoms with Gasteiger partial charge in [0.25, 0.3) is 5.79 Å². The second-order valence-corrected chi connectivity index (χ2v) is 5.11. The maximum absolute atomic E-state index is 13.0. The van der Waals surface area contributed by atoms with Crippen molar-refractivity contribution in [3.63, 3.8) is 0 Å². The van der Waals surface area contributed by atoms with E-state index in [1.165, 1.54) is 9.80 Å². The van der Waals surface area contributed by atoms with Crippen LogP contribution in [0.1, 0.15) is 13.3 Å². The number of carbonyl (C=O) groups excluding carboxylic acids is 1. The van der Waals surface area contributed by atoms with E-state index >= 15 is 0 Å². The largest absolute Gasteiger partial charge is 0.443 e. The maximum Gasteiger partial charge on any atom is 0.443 e. The smallest absolute Gasteiger partial charge is 0.340 e. The van der Waals surface area contributed by atoms with E-state index in [1.807, 2.05) is 6.92 Å². The molecule has 2 heterocycles. The standard InChI is InChI=1S/C12H19F3N2O3/c1-2-16-3-5-17(6-4-16)10(18)9-11(12(13,14)15)19-7-8-20-11/h2-9H2,1H3/p+1. The van der Waals surface area contributed by atoms with Crippen molar-refractivity contribution in [1.29, 1.82) is 0 Å². The van der Waals surface area contributed by atoms with E-state index in [4.69, 9.17) is 9.47 Å². The van der Waals surface area contributed by atoms with Crippen molar-refractivity contribution in [2.75, 3.05) is 45.9 Å². The Morgan fingerprint density at radius 2 is 1.80 bits per heavy atom. The number of nitrogens with one attached hydrogen (secondary N) is 1. The molecule has 116 valence electrons. The summed E-state index contributed by atoms with van der Waals surface area (Å²) >= 11 is 0. The lowest BCUT2D eigenvalue weighted by Gasteiger charge is -2.35. The molecule has 0 aromatic heterocycles. The number of amides is 1. The number of alkyl halides is 3. The Hall–Kier alpha value is -0.860. The summed E-state index contributed by atoms with van der Waals surface area (Å²) in [5.41, 5.74) is 0. The molecular formula is C12H20F3N2O3+. The topological polar surface area (TPSA) is 43.2 Å². The summed E-state index contributed by atoms with van der Waals surface area (Å²) < 4.78 is 48.5. The predicted molar refractivity (Wildman–Crippen MR) is 63.1 cm³/mol. The summed E-state index contributed by atoms with van der Waals surface area (Å²) in [6, 6.07) is 0. The highest BCUT2D eigenvalue weighted by atomic mass is 19.4. The van der Waals surface area contributed by atoms with E-state index < -0.39 is 24.3 Å².